The van der Waals surface area contributed by atoms with E-state index < -0.39 is 5.82 Å². The normalized spacial score (nSPS) is 10.2. The van der Waals surface area contributed by atoms with Gasteiger partial charge in [0.15, 0.2) is 0 Å². The molecule has 0 saturated carbocycles. The van der Waals surface area contributed by atoms with Gasteiger partial charge in [0.25, 0.3) is 5.91 Å². The van der Waals surface area contributed by atoms with Crippen molar-refractivity contribution in [2.45, 2.75) is 6.92 Å². The largest absolute Gasteiger partial charge is 0.385 e. The van der Waals surface area contributed by atoms with Crippen LogP contribution in [0.15, 0.2) is 40.9 Å². The number of hydrogen-bond acceptors (Lipinski definition) is 2. The van der Waals surface area contributed by atoms with Gasteiger partial charge in [0.05, 0.1) is 16.9 Å². The smallest absolute Gasteiger partial charge is 0.257 e. The third kappa shape index (κ3) is 2.99. The van der Waals surface area contributed by atoms with Crippen molar-refractivity contribution in [2.24, 2.45) is 0 Å². The zero-order valence-corrected chi connectivity index (χ0v) is 12.7. The highest BCUT2D eigenvalue weighted by atomic mass is 79.9. The van der Waals surface area contributed by atoms with Crippen molar-refractivity contribution in [2.75, 3.05) is 17.7 Å². The summed E-state index contributed by atoms with van der Waals surface area (Å²) >= 11 is 3.39. The van der Waals surface area contributed by atoms with Gasteiger partial charge in [-0.1, -0.05) is 12.1 Å². The third-order valence-electron chi connectivity index (χ3n) is 2.88. The number of amides is 1. The summed E-state index contributed by atoms with van der Waals surface area (Å²) in [5.41, 5.74) is 2.18. The maximum absolute atomic E-state index is 13.6. The van der Waals surface area contributed by atoms with Gasteiger partial charge in [0.2, 0.25) is 0 Å². The topological polar surface area (TPSA) is 41.1 Å². The average Bonchev–Trinajstić information content (AvgIpc) is 2.41. The molecule has 20 heavy (non-hydrogen) atoms. The lowest BCUT2D eigenvalue weighted by Gasteiger charge is -2.12. The summed E-state index contributed by atoms with van der Waals surface area (Å²) in [6, 6.07) is 9.99. The molecule has 2 aromatic rings. The minimum Gasteiger partial charge on any atom is -0.385 e. The van der Waals surface area contributed by atoms with E-state index in [4.69, 9.17) is 0 Å². The van der Waals surface area contributed by atoms with Crippen LogP contribution in [0.4, 0.5) is 15.8 Å². The van der Waals surface area contributed by atoms with E-state index in [1.165, 1.54) is 12.1 Å². The molecule has 0 saturated heterocycles. The summed E-state index contributed by atoms with van der Waals surface area (Å²) in [6.07, 6.45) is 0. The molecule has 0 aromatic heterocycles. The Morgan fingerprint density at radius 2 is 2.00 bits per heavy atom. The Morgan fingerprint density at radius 3 is 2.65 bits per heavy atom. The quantitative estimate of drug-likeness (QED) is 0.882. The fraction of sp³-hybridized carbons (Fsp3) is 0.133. The summed E-state index contributed by atoms with van der Waals surface area (Å²) in [5.74, 6) is -0.818. The zero-order valence-electron chi connectivity index (χ0n) is 11.1. The van der Waals surface area contributed by atoms with E-state index in [1.54, 1.807) is 19.2 Å². The maximum atomic E-state index is 13.6. The van der Waals surface area contributed by atoms with Crippen LogP contribution in [-0.2, 0) is 0 Å². The molecule has 0 spiro atoms. The Kier molecular flexibility index (Phi) is 4.39. The fourth-order valence-electron chi connectivity index (χ4n) is 1.88. The van der Waals surface area contributed by atoms with Crippen LogP contribution in [0, 0.1) is 12.7 Å². The highest BCUT2D eigenvalue weighted by Gasteiger charge is 2.15. The van der Waals surface area contributed by atoms with Crippen molar-refractivity contribution in [3.8, 4) is 0 Å². The number of carbonyl (C=O) groups excluding carboxylic acids is 1. The zero-order chi connectivity index (χ0) is 14.7. The molecule has 0 aliphatic rings. The first kappa shape index (κ1) is 14.5. The highest BCUT2D eigenvalue weighted by molar-refractivity contribution is 9.10. The minimum absolute atomic E-state index is 0.188. The Labute approximate surface area is 125 Å². The molecule has 0 aliphatic carbocycles. The van der Waals surface area contributed by atoms with Crippen LogP contribution in [0.25, 0.3) is 0 Å². The summed E-state index contributed by atoms with van der Waals surface area (Å²) in [4.78, 5) is 12.2. The molecule has 0 heterocycles. The Balaban J connectivity index is 2.31. The van der Waals surface area contributed by atoms with Crippen molar-refractivity contribution in [3.05, 3.63) is 57.8 Å². The van der Waals surface area contributed by atoms with E-state index in [0.29, 0.717) is 5.69 Å². The molecule has 1 amide bonds. The summed E-state index contributed by atoms with van der Waals surface area (Å²) in [6.45, 7) is 1.96. The number of carbonyl (C=O) groups is 1. The molecular weight excluding hydrogens is 323 g/mol. The molecular formula is C15H14BrFN2O. The number of halogens is 2. The Morgan fingerprint density at radius 1 is 1.25 bits per heavy atom. The molecule has 5 heteroatoms. The molecule has 2 rings (SSSR count). The summed E-state index contributed by atoms with van der Waals surface area (Å²) in [5, 5.41) is 5.47. The number of anilines is 2. The van der Waals surface area contributed by atoms with E-state index in [0.717, 1.165) is 10.0 Å². The number of benzene rings is 2. The number of nitrogens with one attached hydrogen (secondary N) is 2. The van der Waals surface area contributed by atoms with Crippen LogP contribution in [0.2, 0.25) is 0 Å². The SMILES string of the molecule is CNc1c(F)cccc1C(=O)Nc1ccc(C)cc1Br. The lowest BCUT2D eigenvalue weighted by Crippen LogP contribution is -2.15. The monoisotopic (exact) mass is 336 g/mol. The standard InChI is InChI=1S/C15H14BrFN2O/c1-9-6-7-13(11(16)8-9)19-15(20)10-4-3-5-12(17)14(10)18-2/h3-8,18H,1-2H3,(H,19,20). The van der Waals surface area contributed by atoms with E-state index in [1.807, 2.05) is 19.1 Å². The Bertz CT molecular complexity index is 658. The van der Waals surface area contributed by atoms with Crippen molar-refractivity contribution in [3.63, 3.8) is 0 Å². The first-order valence-corrected chi connectivity index (χ1v) is 6.86. The predicted molar refractivity (Wildman–Crippen MR) is 82.8 cm³/mol. The Hall–Kier alpha value is -1.88. The van der Waals surface area contributed by atoms with Crippen LogP contribution in [0.5, 0.6) is 0 Å². The summed E-state index contributed by atoms with van der Waals surface area (Å²) < 4.78 is 14.4. The van der Waals surface area contributed by atoms with Gasteiger partial charge in [0, 0.05) is 11.5 Å². The number of aryl methyl sites for hydroxylation is 1. The van der Waals surface area contributed by atoms with Gasteiger partial charge in [0.1, 0.15) is 5.82 Å². The number of hydrogen-bond donors (Lipinski definition) is 2. The minimum atomic E-state index is -0.455. The van der Waals surface area contributed by atoms with Gasteiger partial charge in [-0.25, -0.2) is 4.39 Å². The number of para-hydroxylation sites is 1. The second kappa shape index (κ2) is 6.05. The lowest BCUT2D eigenvalue weighted by atomic mass is 10.1. The van der Waals surface area contributed by atoms with Crippen LogP contribution >= 0.6 is 15.9 Å². The van der Waals surface area contributed by atoms with Crippen LogP contribution in [-0.4, -0.2) is 13.0 Å². The van der Waals surface area contributed by atoms with Gasteiger partial charge in [-0.3, -0.25) is 4.79 Å². The van der Waals surface area contributed by atoms with Gasteiger partial charge in [-0.15, -0.1) is 0 Å². The third-order valence-corrected chi connectivity index (χ3v) is 3.54. The predicted octanol–water partition coefficient (Wildman–Crippen LogP) is 4.19. The highest BCUT2D eigenvalue weighted by Crippen LogP contribution is 2.25. The maximum Gasteiger partial charge on any atom is 0.257 e. The van der Waals surface area contributed by atoms with E-state index in [-0.39, 0.29) is 17.2 Å². The first-order chi connectivity index (χ1) is 9.52. The second-order valence-electron chi connectivity index (χ2n) is 4.35. The van der Waals surface area contributed by atoms with Crippen LogP contribution in [0.1, 0.15) is 15.9 Å². The molecule has 2 aromatic carbocycles. The number of rotatable bonds is 3. The molecule has 0 atom stereocenters. The van der Waals surface area contributed by atoms with Crippen molar-refractivity contribution < 1.29 is 9.18 Å². The van der Waals surface area contributed by atoms with E-state index >= 15 is 0 Å². The lowest BCUT2D eigenvalue weighted by molar-refractivity contribution is 0.102. The molecule has 2 N–H and O–H groups in total. The second-order valence-corrected chi connectivity index (χ2v) is 5.20. The van der Waals surface area contributed by atoms with E-state index in [9.17, 15) is 9.18 Å². The molecule has 104 valence electrons. The van der Waals surface area contributed by atoms with Crippen LogP contribution in [0.3, 0.4) is 0 Å². The fourth-order valence-corrected chi connectivity index (χ4v) is 2.47. The molecule has 0 aliphatic heterocycles. The van der Waals surface area contributed by atoms with Gasteiger partial charge >= 0.3 is 0 Å². The van der Waals surface area contributed by atoms with Crippen molar-refractivity contribution >= 4 is 33.2 Å². The van der Waals surface area contributed by atoms with Crippen molar-refractivity contribution in [1.82, 2.24) is 0 Å². The average molecular weight is 337 g/mol. The summed E-state index contributed by atoms with van der Waals surface area (Å²) in [7, 11) is 1.58. The van der Waals surface area contributed by atoms with E-state index in [2.05, 4.69) is 26.6 Å². The van der Waals surface area contributed by atoms with Gasteiger partial charge < -0.3 is 10.6 Å². The molecule has 0 radical (unpaired) electrons. The first-order valence-electron chi connectivity index (χ1n) is 6.06. The molecule has 0 unspecified atom stereocenters. The molecule has 0 fully saturated rings. The molecule has 0 bridgehead atoms. The van der Waals surface area contributed by atoms with Gasteiger partial charge in [-0.05, 0) is 52.7 Å². The van der Waals surface area contributed by atoms with Crippen LogP contribution < -0.4 is 10.6 Å². The molecule has 3 nitrogen and oxygen atoms in total. The van der Waals surface area contributed by atoms with Crippen molar-refractivity contribution in [1.29, 1.82) is 0 Å². The van der Waals surface area contributed by atoms with Gasteiger partial charge in [-0.2, -0.15) is 0 Å².